The fourth-order valence-electron chi connectivity index (χ4n) is 3.74. The molecule has 2 rings (SSSR count). The summed E-state index contributed by atoms with van der Waals surface area (Å²) in [6.45, 7) is 4.04. The molecule has 1 fully saturated rings. The molecule has 0 aliphatic carbocycles. The Morgan fingerprint density at radius 1 is 1.33 bits per heavy atom. The monoisotopic (exact) mass is 289 g/mol. The maximum atomic E-state index is 12.8. The number of benzene rings is 1. The topological polar surface area (TPSA) is 57.6 Å². The van der Waals surface area contributed by atoms with Gasteiger partial charge in [-0.25, -0.2) is 0 Å². The number of likely N-dealkylation sites (N-methyl/N-ethyl adjacent to an activating group) is 1. The van der Waals surface area contributed by atoms with Gasteiger partial charge in [0.1, 0.15) is 0 Å². The van der Waals surface area contributed by atoms with Gasteiger partial charge in [-0.3, -0.25) is 14.5 Å². The Morgan fingerprint density at radius 2 is 1.95 bits per heavy atom. The van der Waals surface area contributed by atoms with Gasteiger partial charge in [-0.2, -0.15) is 0 Å². The van der Waals surface area contributed by atoms with E-state index in [1.165, 1.54) is 0 Å². The van der Waals surface area contributed by atoms with Gasteiger partial charge in [0.15, 0.2) is 5.78 Å². The summed E-state index contributed by atoms with van der Waals surface area (Å²) in [6.07, 6.45) is 1.57. The van der Waals surface area contributed by atoms with E-state index in [2.05, 4.69) is 0 Å². The number of likely N-dealkylation sites (tertiary alicyclic amines) is 1. The van der Waals surface area contributed by atoms with Crippen LogP contribution in [0.15, 0.2) is 30.3 Å². The van der Waals surface area contributed by atoms with Crippen LogP contribution in [0.25, 0.3) is 0 Å². The summed E-state index contributed by atoms with van der Waals surface area (Å²) in [5, 5.41) is 9.20. The van der Waals surface area contributed by atoms with Crippen LogP contribution in [-0.4, -0.2) is 40.4 Å². The average molecular weight is 289 g/mol. The molecule has 3 atom stereocenters. The van der Waals surface area contributed by atoms with E-state index < -0.39 is 11.5 Å². The summed E-state index contributed by atoms with van der Waals surface area (Å²) in [5.41, 5.74) is 0.281. The Bertz CT molecular complexity index is 528. The second kappa shape index (κ2) is 5.98. The van der Waals surface area contributed by atoms with Crippen molar-refractivity contribution in [3.05, 3.63) is 35.9 Å². The average Bonchev–Trinajstić information content (AvgIpc) is 2.70. The predicted molar refractivity (Wildman–Crippen MR) is 81.4 cm³/mol. The van der Waals surface area contributed by atoms with E-state index in [0.29, 0.717) is 5.56 Å². The molecule has 1 aliphatic heterocycles. The van der Waals surface area contributed by atoms with Crippen LogP contribution in [0.3, 0.4) is 0 Å². The van der Waals surface area contributed by atoms with Crippen LogP contribution in [0.1, 0.15) is 43.5 Å². The molecule has 0 bridgehead atoms. The number of hydrogen-bond acceptors (Lipinski definition) is 3. The van der Waals surface area contributed by atoms with Crippen LogP contribution in [0.5, 0.6) is 0 Å². The summed E-state index contributed by atoms with van der Waals surface area (Å²) in [5.74, 6) is -0.558. The van der Waals surface area contributed by atoms with Crippen molar-refractivity contribution in [2.75, 3.05) is 7.05 Å². The highest BCUT2D eigenvalue weighted by molar-refractivity contribution is 6.00. The second-order valence-corrected chi connectivity index (χ2v) is 6.12. The molecule has 1 aromatic rings. The lowest BCUT2D eigenvalue weighted by molar-refractivity contribution is -0.140. The summed E-state index contributed by atoms with van der Waals surface area (Å²) >= 11 is 0. The number of aliphatic carboxylic acids is 1. The van der Waals surface area contributed by atoms with Gasteiger partial charge in [0.05, 0.1) is 12.5 Å². The highest BCUT2D eigenvalue weighted by Crippen LogP contribution is 2.42. The first kappa shape index (κ1) is 15.7. The minimum Gasteiger partial charge on any atom is -0.481 e. The number of carbonyl (C=O) groups is 2. The molecule has 0 amide bonds. The maximum Gasteiger partial charge on any atom is 0.305 e. The van der Waals surface area contributed by atoms with E-state index in [0.717, 1.165) is 12.8 Å². The van der Waals surface area contributed by atoms with Crippen molar-refractivity contribution < 1.29 is 14.7 Å². The Hall–Kier alpha value is -1.68. The molecule has 114 valence electrons. The van der Waals surface area contributed by atoms with Gasteiger partial charge in [0, 0.05) is 11.1 Å². The van der Waals surface area contributed by atoms with Gasteiger partial charge in [-0.1, -0.05) is 44.2 Å². The first-order valence-electron chi connectivity index (χ1n) is 7.45. The fraction of sp³-hybridized carbons (Fsp3) is 0.529. The molecular formula is C17H23NO3. The third-order valence-corrected chi connectivity index (χ3v) is 4.87. The summed E-state index contributed by atoms with van der Waals surface area (Å²) < 4.78 is 0. The van der Waals surface area contributed by atoms with Crippen LogP contribution in [0.2, 0.25) is 0 Å². The van der Waals surface area contributed by atoms with Crippen LogP contribution in [0.4, 0.5) is 0 Å². The van der Waals surface area contributed by atoms with Gasteiger partial charge in [-0.05, 0) is 25.8 Å². The van der Waals surface area contributed by atoms with Crippen molar-refractivity contribution in [3.8, 4) is 0 Å². The molecule has 1 aromatic carbocycles. The van der Waals surface area contributed by atoms with Crippen LogP contribution in [-0.2, 0) is 4.79 Å². The van der Waals surface area contributed by atoms with E-state index >= 15 is 0 Å². The second-order valence-electron chi connectivity index (χ2n) is 6.12. The molecule has 1 aliphatic rings. The first-order chi connectivity index (χ1) is 9.91. The Labute approximate surface area is 125 Å². The van der Waals surface area contributed by atoms with Crippen molar-refractivity contribution in [3.63, 3.8) is 0 Å². The zero-order valence-electron chi connectivity index (χ0n) is 12.9. The molecule has 1 saturated heterocycles. The van der Waals surface area contributed by atoms with E-state index in [9.17, 15) is 14.7 Å². The number of carboxylic acids is 1. The molecule has 0 aromatic heterocycles. The molecule has 0 spiro atoms. The van der Waals surface area contributed by atoms with Crippen molar-refractivity contribution in [1.29, 1.82) is 0 Å². The van der Waals surface area contributed by atoms with E-state index in [1.54, 1.807) is 0 Å². The molecular weight excluding hydrogens is 266 g/mol. The Balaban J connectivity index is 2.29. The van der Waals surface area contributed by atoms with Crippen LogP contribution in [0, 0.1) is 5.92 Å². The number of hydrogen-bond donors (Lipinski definition) is 1. The largest absolute Gasteiger partial charge is 0.481 e. The SMILES string of the molecule is CCC1(CC(=O)O)CC(C)C(C(=O)c2ccccc2)N1C. The van der Waals surface area contributed by atoms with Crippen molar-refractivity contribution >= 4 is 11.8 Å². The molecule has 0 radical (unpaired) electrons. The lowest BCUT2D eigenvalue weighted by Gasteiger charge is -2.36. The fourth-order valence-corrected chi connectivity index (χ4v) is 3.74. The Morgan fingerprint density at radius 3 is 2.48 bits per heavy atom. The minimum absolute atomic E-state index is 0.0862. The highest BCUT2D eigenvalue weighted by atomic mass is 16.4. The first-order valence-corrected chi connectivity index (χ1v) is 7.45. The normalized spacial score (nSPS) is 29.5. The molecule has 1 N–H and O–H groups in total. The van der Waals surface area contributed by atoms with Gasteiger partial charge in [0.2, 0.25) is 0 Å². The number of carbonyl (C=O) groups excluding carboxylic acids is 1. The maximum absolute atomic E-state index is 12.8. The van der Waals surface area contributed by atoms with Gasteiger partial charge in [-0.15, -0.1) is 0 Å². The molecule has 4 heteroatoms. The van der Waals surface area contributed by atoms with Crippen LogP contribution < -0.4 is 0 Å². The Kier molecular flexibility index (Phi) is 4.47. The quantitative estimate of drug-likeness (QED) is 0.847. The van der Waals surface area contributed by atoms with Gasteiger partial charge < -0.3 is 5.11 Å². The van der Waals surface area contributed by atoms with Crippen LogP contribution >= 0.6 is 0 Å². The number of carboxylic acid groups (broad SMARTS) is 1. The highest BCUT2D eigenvalue weighted by Gasteiger charge is 2.50. The molecule has 21 heavy (non-hydrogen) atoms. The predicted octanol–water partition coefficient (Wildman–Crippen LogP) is 2.83. The third kappa shape index (κ3) is 2.86. The summed E-state index contributed by atoms with van der Waals surface area (Å²) in [7, 11) is 1.89. The van der Waals surface area contributed by atoms with E-state index in [4.69, 9.17) is 0 Å². The van der Waals surface area contributed by atoms with Gasteiger partial charge >= 0.3 is 5.97 Å². The van der Waals surface area contributed by atoms with Crippen molar-refractivity contribution in [1.82, 2.24) is 4.90 Å². The summed E-state index contributed by atoms with van der Waals surface area (Å²) in [4.78, 5) is 26.0. The van der Waals surface area contributed by atoms with Crippen molar-refractivity contribution in [2.24, 2.45) is 5.92 Å². The molecule has 0 saturated carbocycles. The number of ketones is 1. The number of Topliss-reactive ketones (excluding diaryl/α,β-unsaturated/α-hetero) is 1. The third-order valence-electron chi connectivity index (χ3n) is 4.87. The van der Waals surface area contributed by atoms with Crippen molar-refractivity contribution in [2.45, 2.75) is 44.7 Å². The minimum atomic E-state index is -0.802. The number of nitrogens with zero attached hydrogens (tertiary/aromatic N) is 1. The summed E-state index contributed by atoms with van der Waals surface area (Å²) in [6, 6.07) is 9.01. The molecule has 1 heterocycles. The number of rotatable bonds is 5. The van der Waals surface area contributed by atoms with Gasteiger partial charge in [0.25, 0.3) is 0 Å². The smallest absolute Gasteiger partial charge is 0.305 e. The van der Waals surface area contributed by atoms with E-state index in [1.807, 2.05) is 56.1 Å². The lowest BCUT2D eigenvalue weighted by Crippen LogP contribution is -2.48. The van der Waals surface area contributed by atoms with E-state index in [-0.39, 0.29) is 24.2 Å². The molecule has 3 unspecified atom stereocenters. The lowest BCUT2D eigenvalue weighted by atomic mass is 9.86. The zero-order chi connectivity index (χ0) is 15.6. The molecule has 4 nitrogen and oxygen atoms in total. The zero-order valence-corrected chi connectivity index (χ0v) is 12.9. The standard InChI is InChI=1S/C17H23NO3/c1-4-17(11-14(19)20)10-12(2)15(18(17)3)16(21)13-8-6-5-7-9-13/h5-9,12,15H,4,10-11H2,1-3H3,(H,19,20).